The van der Waals surface area contributed by atoms with E-state index in [2.05, 4.69) is 22.0 Å². The normalized spacial score (nSPS) is 17.5. The number of likely N-dealkylation sites (tertiary alicyclic amines) is 1. The molecule has 0 aromatic carbocycles. The molecule has 0 spiro atoms. The first-order chi connectivity index (χ1) is 9.67. The van der Waals surface area contributed by atoms with Crippen molar-refractivity contribution in [2.45, 2.75) is 18.8 Å². The molecule has 1 fully saturated rings. The van der Waals surface area contributed by atoms with Gasteiger partial charge < -0.3 is 9.64 Å². The van der Waals surface area contributed by atoms with Crippen LogP contribution < -0.4 is 0 Å². The largest absolute Gasteiger partial charge is 0.465 e. The third-order valence-electron chi connectivity index (χ3n) is 3.86. The summed E-state index contributed by atoms with van der Waals surface area (Å²) in [6.45, 7) is 2.15. The zero-order valence-electron chi connectivity index (χ0n) is 11.7. The van der Waals surface area contributed by atoms with Crippen LogP contribution in [0.2, 0.25) is 0 Å². The van der Waals surface area contributed by atoms with Crippen LogP contribution in [0.15, 0.2) is 18.3 Å². The third kappa shape index (κ3) is 2.38. The van der Waals surface area contributed by atoms with Gasteiger partial charge in [0, 0.05) is 12.1 Å². The minimum atomic E-state index is -0.351. The molecular formula is C14H18N4O2. The van der Waals surface area contributed by atoms with E-state index in [4.69, 9.17) is 4.74 Å². The van der Waals surface area contributed by atoms with E-state index >= 15 is 0 Å². The lowest BCUT2D eigenvalue weighted by Gasteiger charge is -2.26. The molecule has 0 N–H and O–H groups in total. The van der Waals surface area contributed by atoms with Crippen LogP contribution in [0.1, 0.15) is 34.9 Å². The number of pyridine rings is 1. The van der Waals surface area contributed by atoms with Crippen LogP contribution in [0.3, 0.4) is 0 Å². The van der Waals surface area contributed by atoms with E-state index in [1.54, 1.807) is 22.8 Å². The Hall–Kier alpha value is -1.95. The van der Waals surface area contributed by atoms with E-state index in [9.17, 15) is 4.79 Å². The van der Waals surface area contributed by atoms with E-state index < -0.39 is 0 Å². The summed E-state index contributed by atoms with van der Waals surface area (Å²) in [4.78, 5) is 18.4. The fourth-order valence-corrected chi connectivity index (χ4v) is 2.58. The third-order valence-corrected chi connectivity index (χ3v) is 3.86. The molecule has 20 heavy (non-hydrogen) atoms. The molecule has 0 aliphatic carbocycles. The van der Waals surface area contributed by atoms with E-state index in [1.807, 2.05) is 0 Å². The Bertz CT molecular complexity index is 629. The monoisotopic (exact) mass is 274 g/mol. The Morgan fingerprint density at radius 1 is 1.40 bits per heavy atom. The van der Waals surface area contributed by atoms with Crippen LogP contribution in [0.25, 0.3) is 5.65 Å². The van der Waals surface area contributed by atoms with Crippen molar-refractivity contribution in [2.75, 3.05) is 27.2 Å². The molecule has 0 amide bonds. The molecule has 2 aromatic rings. The second-order valence-electron chi connectivity index (χ2n) is 5.26. The molecule has 3 heterocycles. The van der Waals surface area contributed by atoms with Gasteiger partial charge in [-0.1, -0.05) is 0 Å². The van der Waals surface area contributed by atoms with Crippen molar-refractivity contribution in [2.24, 2.45) is 0 Å². The number of ether oxygens (including phenoxy) is 1. The maximum absolute atomic E-state index is 11.5. The first kappa shape index (κ1) is 13.1. The Morgan fingerprint density at radius 2 is 2.15 bits per heavy atom. The Kier molecular flexibility index (Phi) is 3.40. The number of rotatable bonds is 2. The molecule has 1 aliphatic rings. The Labute approximate surface area is 117 Å². The summed E-state index contributed by atoms with van der Waals surface area (Å²) in [5, 5.41) is 4.52. The number of aromatic nitrogens is 3. The lowest BCUT2D eigenvalue weighted by Crippen LogP contribution is -2.29. The second-order valence-corrected chi connectivity index (χ2v) is 5.26. The predicted molar refractivity (Wildman–Crippen MR) is 73.8 cm³/mol. The molecule has 106 valence electrons. The molecule has 0 atom stereocenters. The average molecular weight is 274 g/mol. The number of esters is 1. The van der Waals surface area contributed by atoms with Crippen LogP contribution in [0, 0.1) is 0 Å². The highest BCUT2D eigenvalue weighted by Gasteiger charge is 2.22. The molecule has 6 heteroatoms. The number of fused-ring (bicyclic) bond motifs is 1. The fraction of sp³-hybridized carbons (Fsp3) is 0.500. The molecule has 1 saturated heterocycles. The summed E-state index contributed by atoms with van der Waals surface area (Å²) < 4.78 is 6.44. The van der Waals surface area contributed by atoms with Crippen molar-refractivity contribution in [1.29, 1.82) is 0 Å². The highest BCUT2D eigenvalue weighted by Crippen LogP contribution is 2.25. The molecule has 1 aliphatic heterocycles. The van der Waals surface area contributed by atoms with E-state index in [0.717, 1.165) is 31.8 Å². The lowest BCUT2D eigenvalue weighted by molar-refractivity contribution is 0.0600. The summed E-state index contributed by atoms with van der Waals surface area (Å²) in [6.07, 6.45) is 3.92. The minimum absolute atomic E-state index is 0.351. The fourth-order valence-electron chi connectivity index (χ4n) is 2.58. The molecule has 0 saturated carbocycles. The summed E-state index contributed by atoms with van der Waals surface area (Å²) in [6, 6.07) is 3.42. The topological polar surface area (TPSA) is 59.7 Å². The smallest absolute Gasteiger partial charge is 0.338 e. The van der Waals surface area contributed by atoms with E-state index in [0.29, 0.717) is 17.1 Å². The van der Waals surface area contributed by atoms with E-state index in [1.165, 1.54) is 7.11 Å². The van der Waals surface area contributed by atoms with Gasteiger partial charge in [-0.2, -0.15) is 5.10 Å². The summed E-state index contributed by atoms with van der Waals surface area (Å²) in [5.74, 6) is 0.934. The lowest BCUT2D eigenvalue weighted by atomic mass is 9.97. The van der Waals surface area contributed by atoms with Crippen molar-refractivity contribution in [3.05, 3.63) is 29.7 Å². The first-order valence-corrected chi connectivity index (χ1v) is 6.80. The van der Waals surface area contributed by atoms with Gasteiger partial charge in [0.2, 0.25) is 0 Å². The SMILES string of the molecule is COC(=O)c1ccn2nc(C3CCN(C)CC3)nc2c1. The first-order valence-electron chi connectivity index (χ1n) is 6.80. The number of carbonyl (C=O) groups is 1. The van der Waals surface area contributed by atoms with Crippen LogP contribution in [-0.2, 0) is 4.74 Å². The number of piperidine rings is 1. The van der Waals surface area contributed by atoms with Gasteiger partial charge in [0.05, 0.1) is 12.7 Å². The molecule has 0 unspecified atom stereocenters. The minimum Gasteiger partial charge on any atom is -0.465 e. The molecule has 3 rings (SSSR count). The molecule has 0 radical (unpaired) electrons. The quantitative estimate of drug-likeness (QED) is 0.773. The van der Waals surface area contributed by atoms with Crippen LogP contribution >= 0.6 is 0 Å². The maximum Gasteiger partial charge on any atom is 0.338 e. The standard InChI is InChI=1S/C14H18N4O2/c1-17-6-3-10(4-7-17)13-15-12-9-11(14(19)20-2)5-8-18(12)16-13/h5,8-10H,3-4,6-7H2,1-2H3. The Morgan fingerprint density at radius 3 is 2.85 bits per heavy atom. The number of carbonyl (C=O) groups excluding carboxylic acids is 1. The van der Waals surface area contributed by atoms with Crippen molar-refractivity contribution in [3.63, 3.8) is 0 Å². The van der Waals surface area contributed by atoms with Crippen molar-refractivity contribution in [1.82, 2.24) is 19.5 Å². The number of hydrogen-bond donors (Lipinski definition) is 0. The predicted octanol–water partition coefficient (Wildman–Crippen LogP) is 1.33. The molecular weight excluding hydrogens is 256 g/mol. The number of hydrogen-bond acceptors (Lipinski definition) is 5. The summed E-state index contributed by atoms with van der Waals surface area (Å²) >= 11 is 0. The molecule has 0 bridgehead atoms. The van der Waals surface area contributed by atoms with Crippen molar-refractivity contribution in [3.8, 4) is 0 Å². The van der Waals surface area contributed by atoms with Gasteiger partial charge >= 0.3 is 5.97 Å². The van der Waals surface area contributed by atoms with Gasteiger partial charge in [0.15, 0.2) is 11.5 Å². The number of nitrogens with zero attached hydrogens (tertiary/aromatic N) is 4. The highest BCUT2D eigenvalue weighted by molar-refractivity contribution is 5.90. The van der Waals surface area contributed by atoms with Crippen LogP contribution in [0.5, 0.6) is 0 Å². The van der Waals surface area contributed by atoms with Gasteiger partial charge in [0.1, 0.15) is 0 Å². The number of methoxy groups -OCH3 is 1. The highest BCUT2D eigenvalue weighted by atomic mass is 16.5. The van der Waals surface area contributed by atoms with Gasteiger partial charge in [-0.05, 0) is 45.1 Å². The molecule has 2 aromatic heterocycles. The molecule has 6 nitrogen and oxygen atoms in total. The van der Waals surface area contributed by atoms with Gasteiger partial charge in [0.25, 0.3) is 0 Å². The van der Waals surface area contributed by atoms with Crippen LogP contribution in [-0.4, -0.2) is 52.7 Å². The van der Waals surface area contributed by atoms with Gasteiger partial charge in [-0.25, -0.2) is 14.3 Å². The van der Waals surface area contributed by atoms with Gasteiger partial charge in [-0.15, -0.1) is 0 Å². The Balaban J connectivity index is 1.88. The maximum atomic E-state index is 11.5. The van der Waals surface area contributed by atoms with Gasteiger partial charge in [-0.3, -0.25) is 0 Å². The average Bonchev–Trinajstić information content (AvgIpc) is 2.90. The summed E-state index contributed by atoms with van der Waals surface area (Å²) in [7, 11) is 3.51. The van der Waals surface area contributed by atoms with Crippen LogP contribution in [0.4, 0.5) is 0 Å². The zero-order chi connectivity index (χ0) is 14.1. The summed E-state index contributed by atoms with van der Waals surface area (Å²) in [5.41, 5.74) is 1.20. The van der Waals surface area contributed by atoms with Crippen molar-refractivity contribution < 1.29 is 9.53 Å². The van der Waals surface area contributed by atoms with Crippen molar-refractivity contribution >= 4 is 11.6 Å². The zero-order valence-corrected chi connectivity index (χ0v) is 11.7. The van der Waals surface area contributed by atoms with E-state index in [-0.39, 0.29) is 5.97 Å². The second kappa shape index (κ2) is 5.20.